The Kier molecular flexibility index (Phi) is 3.22. The molecule has 106 valence electrons. The number of aromatic amines is 1. The van der Waals surface area contributed by atoms with Gasteiger partial charge in [0.2, 0.25) is 0 Å². The molecule has 0 fully saturated rings. The maximum absolute atomic E-state index is 12.8. The minimum absolute atomic E-state index is 0.146. The summed E-state index contributed by atoms with van der Waals surface area (Å²) in [5, 5.41) is 7.07. The number of hydrogen-bond donors (Lipinski definition) is 1. The number of halogens is 1. The van der Waals surface area contributed by atoms with E-state index in [0.29, 0.717) is 12.2 Å². The van der Waals surface area contributed by atoms with Crippen LogP contribution in [0.4, 0.5) is 5.69 Å². The molecule has 1 N–H and O–H groups in total. The molecule has 0 unspecified atom stereocenters. The molecule has 0 saturated heterocycles. The summed E-state index contributed by atoms with van der Waals surface area (Å²) in [6, 6.07) is 5.04. The van der Waals surface area contributed by atoms with Crippen LogP contribution in [0, 0.1) is 6.92 Å². The Morgan fingerprint density at radius 2 is 2.20 bits per heavy atom. The number of aromatic nitrogens is 2. The maximum Gasteiger partial charge on any atom is 0.265 e. The molecular weight excluding hydrogens is 298 g/mol. The van der Waals surface area contributed by atoms with E-state index < -0.39 is 10.0 Å². The maximum atomic E-state index is 12.8. The van der Waals surface area contributed by atoms with Crippen LogP contribution in [0.3, 0.4) is 0 Å². The van der Waals surface area contributed by atoms with E-state index in [1.807, 2.05) is 0 Å². The van der Waals surface area contributed by atoms with Gasteiger partial charge in [-0.3, -0.25) is 9.40 Å². The molecule has 0 bridgehead atoms. The van der Waals surface area contributed by atoms with Crippen molar-refractivity contribution in [1.29, 1.82) is 0 Å². The average Bonchev–Trinajstić information content (AvgIpc) is 2.89. The van der Waals surface area contributed by atoms with Gasteiger partial charge in [-0.2, -0.15) is 5.10 Å². The van der Waals surface area contributed by atoms with Gasteiger partial charge in [-0.15, -0.1) is 0 Å². The molecule has 1 aromatic heterocycles. The van der Waals surface area contributed by atoms with Gasteiger partial charge in [0.1, 0.15) is 4.90 Å². The Hall–Kier alpha value is -1.53. The summed E-state index contributed by atoms with van der Waals surface area (Å²) in [4.78, 5) is 0.146. The number of benzene rings is 1. The molecule has 7 heteroatoms. The zero-order valence-electron chi connectivity index (χ0n) is 10.9. The standard InChI is InChI=1S/C13H14ClN3O2S/c1-9-4-2-6-12(13(9)14)20(18,19)17-7-3-5-10-11(17)8-15-16-10/h2,4,6,8H,3,5,7H2,1H3,(H,15,16). The van der Waals surface area contributed by atoms with Crippen molar-refractivity contribution in [3.63, 3.8) is 0 Å². The number of nitrogens with one attached hydrogen (secondary N) is 1. The van der Waals surface area contributed by atoms with Gasteiger partial charge in [0.15, 0.2) is 0 Å². The second kappa shape index (κ2) is 4.79. The van der Waals surface area contributed by atoms with Crippen molar-refractivity contribution in [2.75, 3.05) is 10.8 Å². The fourth-order valence-electron chi connectivity index (χ4n) is 2.41. The summed E-state index contributed by atoms with van der Waals surface area (Å²) in [7, 11) is -3.66. The van der Waals surface area contributed by atoms with Crippen molar-refractivity contribution < 1.29 is 8.42 Å². The highest BCUT2D eigenvalue weighted by molar-refractivity contribution is 7.93. The molecule has 1 aromatic carbocycles. The van der Waals surface area contributed by atoms with Crippen LogP contribution in [0.5, 0.6) is 0 Å². The lowest BCUT2D eigenvalue weighted by Gasteiger charge is -2.28. The Morgan fingerprint density at radius 3 is 3.00 bits per heavy atom. The molecule has 2 aromatic rings. The molecule has 1 aliphatic heterocycles. The summed E-state index contributed by atoms with van der Waals surface area (Å²) in [6.45, 7) is 2.24. The Bertz CT molecular complexity index is 755. The number of nitrogens with zero attached hydrogens (tertiary/aromatic N) is 2. The van der Waals surface area contributed by atoms with E-state index in [-0.39, 0.29) is 9.92 Å². The smallest absolute Gasteiger partial charge is 0.265 e. The molecule has 5 nitrogen and oxygen atoms in total. The minimum Gasteiger partial charge on any atom is -0.280 e. The van der Waals surface area contributed by atoms with Crippen molar-refractivity contribution >= 4 is 27.3 Å². The number of hydrogen-bond acceptors (Lipinski definition) is 3. The van der Waals surface area contributed by atoms with Crippen molar-refractivity contribution in [2.24, 2.45) is 0 Å². The van der Waals surface area contributed by atoms with Crippen molar-refractivity contribution in [3.05, 3.63) is 40.7 Å². The van der Waals surface area contributed by atoms with Gasteiger partial charge in [0.05, 0.1) is 22.6 Å². The molecule has 3 rings (SSSR count). The number of sulfonamides is 1. The number of rotatable bonds is 2. The minimum atomic E-state index is -3.66. The van der Waals surface area contributed by atoms with Crippen molar-refractivity contribution in [1.82, 2.24) is 10.2 Å². The summed E-state index contributed by atoms with van der Waals surface area (Å²) in [6.07, 6.45) is 3.12. The predicted octanol–water partition coefficient (Wildman–Crippen LogP) is 2.51. The zero-order valence-corrected chi connectivity index (χ0v) is 12.5. The Balaban J connectivity index is 2.13. The van der Waals surface area contributed by atoms with Gasteiger partial charge in [0, 0.05) is 6.54 Å². The SMILES string of the molecule is Cc1cccc(S(=O)(=O)N2CCCc3[nH]ncc32)c1Cl. The fraction of sp³-hybridized carbons (Fsp3) is 0.308. The molecular formula is C13H14ClN3O2S. The molecule has 0 atom stereocenters. The van der Waals surface area contributed by atoms with E-state index in [0.717, 1.165) is 24.1 Å². The van der Waals surface area contributed by atoms with Crippen molar-refractivity contribution in [2.45, 2.75) is 24.7 Å². The van der Waals surface area contributed by atoms with E-state index in [2.05, 4.69) is 10.2 Å². The van der Waals surface area contributed by atoms with Crippen LogP contribution in [0.2, 0.25) is 5.02 Å². The summed E-state index contributed by atoms with van der Waals surface area (Å²) >= 11 is 6.17. The quantitative estimate of drug-likeness (QED) is 0.926. The van der Waals surface area contributed by atoms with Gasteiger partial charge < -0.3 is 0 Å². The largest absolute Gasteiger partial charge is 0.280 e. The summed E-state index contributed by atoms with van der Waals surface area (Å²) in [5.74, 6) is 0. The summed E-state index contributed by atoms with van der Waals surface area (Å²) in [5.41, 5.74) is 2.22. The monoisotopic (exact) mass is 311 g/mol. The molecule has 0 saturated carbocycles. The third kappa shape index (κ3) is 1.99. The van der Waals surface area contributed by atoms with Crippen LogP contribution in [-0.4, -0.2) is 25.2 Å². The Labute approximate surface area is 122 Å². The van der Waals surface area contributed by atoms with E-state index in [1.165, 1.54) is 4.31 Å². The van der Waals surface area contributed by atoms with Gasteiger partial charge in [-0.25, -0.2) is 8.42 Å². The van der Waals surface area contributed by atoms with Gasteiger partial charge in [-0.05, 0) is 31.4 Å². The number of aryl methyl sites for hydroxylation is 2. The van der Waals surface area contributed by atoms with Crippen LogP contribution in [0.1, 0.15) is 17.7 Å². The fourth-order valence-corrected chi connectivity index (χ4v) is 4.49. The lowest BCUT2D eigenvalue weighted by atomic mass is 10.1. The van der Waals surface area contributed by atoms with Crippen LogP contribution >= 0.6 is 11.6 Å². The van der Waals surface area contributed by atoms with Gasteiger partial charge in [-0.1, -0.05) is 23.7 Å². The van der Waals surface area contributed by atoms with E-state index in [1.54, 1.807) is 31.3 Å². The molecule has 1 aliphatic rings. The molecule has 2 heterocycles. The van der Waals surface area contributed by atoms with E-state index in [9.17, 15) is 8.42 Å². The highest BCUT2D eigenvalue weighted by Crippen LogP contribution is 2.33. The van der Waals surface area contributed by atoms with Crippen LogP contribution in [0.25, 0.3) is 0 Å². The van der Waals surface area contributed by atoms with Crippen molar-refractivity contribution in [3.8, 4) is 0 Å². The van der Waals surface area contributed by atoms with Gasteiger partial charge >= 0.3 is 0 Å². The molecule has 0 aliphatic carbocycles. The van der Waals surface area contributed by atoms with Crippen LogP contribution in [-0.2, 0) is 16.4 Å². The third-order valence-electron chi connectivity index (χ3n) is 3.48. The molecule has 0 radical (unpaired) electrons. The average molecular weight is 312 g/mol. The third-order valence-corrected chi connectivity index (χ3v) is 5.95. The second-order valence-electron chi connectivity index (χ2n) is 4.80. The first kappa shape index (κ1) is 13.5. The van der Waals surface area contributed by atoms with Gasteiger partial charge in [0.25, 0.3) is 10.0 Å². The summed E-state index contributed by atoms with van der Waals surface area (Å²) < 4.78 is 27.0. The number of fused-ring (bicyclic) bond motifs is 1. The highest BCUT2D eigenvalue weighted by Gasteiger charge is 2.31. The van der Waals surface area contributed by atoms with Crippen LogP contribution < -0.4 is 4.31 Å². The lowest BCUT2D eigenvalue weighted by molar-refractivity contribution is 0.586. The number of anilines is 1. The van der Waals surface area contributed by atoms with Crippen LogP contribution in [0.15, 0.2) is 29.3 Å². The molecule has 0 amide bonds. The first-order valence-corrected chi connectivity index (χ1v) is 8.13. The first-order chi connectivity index (χ1) is 9.51. The predicted molar refractivity (Wildman–Crippen MR) is 77.6 cm³/mol. The topological polar surface area (TPSA) is 66.1 Å². The molecule has 0 spiro atoms. The normalized spacial score (nSPS) is 15.2. The Morgan fingerprint density at radius 1 is 1.40 bits per heavy atom. The highest BCUT2D eigenvalue weighted by atomic mass is 35.5. The van der Waals surface area contributed by atoms with E-state index in [4.69, 9.17) is 11.6 Å². The first-order valence-electron chi connectivity index (χ1n) is 6.32. The second-order valence-corrected chi connectivity index (χ2v) is 7.01. The lowest BCUT2D eigenvalue weighted by Crippen LogP contribution is -2.35. The molecule has 20 heavy (non-hydrogen) atoms. The number of H-pyrrole nitrogens is 1. The van der Waals surface area contributed by atoms with E-state index >= 15 is 0 Å². The zero-order chi connectivity index (χ0) is 14.3.